The quantitative estimate of drug-likeness (QED) is 0.442. The third-order valence-corrected chi connectivity index (χ3v) is 6.71. The van der Waals surface area contributed by atoms with Crippen molar-refractivity contribution in [2.75, 3.05) is 7.11 Å². The zero-order valence-electron chi connectivity index (χ0n) is 21.0. The number of cyclic esters (lactones) is 1. The highest BCUT2D eigenvalue weighted by molar-refractivity contribution is 5.98. The molecular formula is C29H30O8. The van der Waals surface area contributed by atoms with E-state index in [1.807, 2.05) is 6.08 Å². The van der Waals surface area contributed by atoms with Crippen LogP contribution in [0.15, 0.2) is 36.4 Å². The van der Waals surface area contributed by atoms with Gasteiger partial charge in [0.15, 0.2) is 0 Å². The lowest BCUT2D eigenvalue weighted by Crippen LogP contribution is -2.23. The average molecular weight is 507 g/mol. The number of phenolic OH excluding ortho intramolecular Hbond substituents is 1. The van der Waals surface area contributed by atoms with E-state index in [1.54, 1.807) is 43.3 Å². The van der Waals surface area contributed by atoms with Crippen molar-refractivity contribution in [1.29, 1.82) is 0 Å². The second-order valence-electron chi connectivity index (χ2n) is 9.39. The third kappa shape index (κ3) is 5.90. The van der Waals surface area contributed by atoms with Crippen molar-refractivity contribution in [3.8, 4) is 11.5 Å². The van der Waals surface area contributed by atoms with Crippen LogP contribution in [0.5, 0.6) is 11.5 Å². The summed E-state index contributed by atoms with van der Waals surface area (Å²) in [7, 11) is 1.29. The van der Waals surface area contributed by atoms with E-state index in [0.717, 1.165) is 0 Å². The first-order valence-electron chi connectivity index (χ1n) is 12.5. The fraction of sp³-hybridized carbons (Fsp3) is 0.379. The molecule has 194 valence electrons. The number of ketones is 1. The fourth-order valence-electron chi connectivity index (χ4n) is 4.77. The topological polar surface area (TPSA) is 116 Å². The molecule has 2 aromatic carbocycles. The van der Waals surface area contributed by atoms with E-state index in [9.17, 15) is 24.3 Å². The summed E-state index contributed by atoms with van der Waals surface area (Å²) >= 11 is 0. The Morgan fingerprint density at radius 1 is 1.08 bits per heavy atom. The summed E-state index contributed by atoms with van der Waals surface area (Å²) in [5, 5.41) is 11.4. The number of Topliss-reactive ketones (excluding diaryl/α,β-unsaturated/α-hetero) is 1. The molecule has 37 heavy (non-hydrogen) atoms. The number of aromatic hydroxyl groups is 1. The van der Waals surface area contributed by atoms with Gasteiger partial charge in [-0.15, -0.1) is 0 Å². The molecule has 0 radical (unpaired) electrons. The number of benzene rings is 2. The van der Waals surface area contributed by atoms with Crippen LogP contribution in [0, 0.1) is 0 Å². The zero-order chi connectivity index (χ0) is 26.5. The smallest absolute Gasteiger partial charge is 0.342 e. The molecule has 0 amide bonds. The van der Waals surface area contributed by atoms with E-state index >= 15 is 0 Å². The van der Waals surface area contributed by atoms with E-state index in [-0.39, 0.29) is 29.3 Å². The van der Waals surface area contributed by atoms with Crippen LogP contribution in [0.3, 0.4) is 0 Å². The summed E-state index contributed by atoms with van der Waals surface area (Å²) in [5.74, 6) is -2.20. The normalized spacial score (nSPS) is 21.5. The third-order valence-electron chi connectivity index (χ3n) is 6.71. The minimum atomic E-state index is -0.687. The molecule has 8 heteroatoms. The van der Waals surface area contributed by atoms with Crippen LogP contribution in [0.1, 0.15) is 95.2 Å². The maximum absolute atomic E-state index is 13.3. The number of hydrogen-bond donors (Lipinski definition) is 1. The SMILES string of the molecule is COC(=O)c1ccc(C2CC(=O)Oc3cc4c(c(O)c32)C(=O)OC(C)CCCC(=O)CCC/C=C/4)cc1. The molecule has 2 unspecified atom stereocenters. The van der Waals surface area contributed by atoms with Crippen molar-refractivity contribution in [3.05, 3.63) is 64.2 Å². The molecule has 0 fully saturated rings. The molecule has 0 aromatic heterocycles. The Morgan fingerprint density at radius 3 is 2.54 bits per heavy atom. The number of rotatable bonds is 2. The Labute approximate surface area is 215 Å². The van der Waals surface area contributed by atoms with E-state index in [1.165, 1.54) is 7.11 Å². The molecule has 0 aliphatic carbocycles. The van der Waals surface area contributed by atoms with Gasteiger partial charge in [-0.05, 0) is 61.9 Å². The number of hydrogen-bond acceptors (Lipinski definition) is 8. The fourth-order valence-corrected chi connectivity index (χ4v) is 4.77. The van der Waals surface area contributed by atoms with Gasteiger partial charge in [0.1, 0.15) is 22.8 Å². The van der Waals surface area contributed by atoms with Gasteiger partial charge in [-0.1, -0.05) is 24.3 Å². The molecule has 2 heterocycles. The monoisotopic (exact) mass is 506 g/mol. The minimum Gasteiger partial charge on any atom is -0.507 e. The van der Waals surface area contributed by atoms with Crippen molar-refractivity contribution >= 4 is 29.8 Å². The highest BCUT2D eigenvalue weighted by Gasteiger charge is 2.35. The van der Waals surface area contributed by atoms with E-state index in [2.05, 4.69) is 0 Å². The van der Waals surface area contributed by atoms with Gasteiger partial charge in [-0.2, -0.15) is 0 Å². The first-order valence-corrected chi connectivity index (χ1v) is 12.5. The number of carbonyl (C=O) groups excluding carboxylic acids is 4. The molecule has 4 rings (SSSR count). The Hall–Kier alpha value is -3.94. The Kier molecular flexibility index (Phi) is 8.06. The summed E-state index contributed by atoms with van der Waals surface area (Å²) in [6.45, 7) is 1.76. The first-order chi connectivity index (χ1) is 17.8. The molecule has 2 aromatic rings. The lowest BCUT2D eigenvalue weighted by atomic mass is 9.83. The second-order valence-corrected chi connectivity index (χ2v) is 9.39. The van der Waals surface area contributed by atoms with Gasteiger partial charge < -0.3 is 19.3 Å². The molecule has 0 saturated heterocycles. The maximum Gasteiger partial charge on any atom is 0.342 e. The summed E-state index contributed by atoms with van der Waals surface area (Å²) < 4.78 is 15.9. The lowest BCUT2D eigenvalue weighted by molar-refractivity contribution is -0.135. The molecule has 2 atom stereocenters. The average Bonchev–Trinajstić information content (AvgIpc) is 2.87. The number of phenols is 1. The molecule has 0 spiro atoms. The van der Waals surface area contributed by atoms with Crippen LogP contribution >= 0.6 is 0 Å². The van der Waals surface area contributed by atoms with Gasteiger partial charge in [-0.25, -0.2) is 9.59 Å². The maximum atomic E-state index is 13.3. The standard InChI is InChI=1S/C29H30O8/c1-17-7-6-10-21(30)9-5-3-4-8-20-15-23-26(27(32)25(20)29(34)36-17)22(16-24(31)37-23)18-11-13-19(14-12-18)28(33)35-2/h4,8,11-15,17,22,32H,3,5-7,9-10,16H2,1-2H3/b8-4+. The van der Waals surface area contributed by atoms with Crippen LogP contribution in [-0.4, -0.2) is 42.0 Å². The lowest BCUT2D eigenvalue weighted by Gasteiger charge is -2.27. The molecule has 2 aliphatic rings. The number of methoxy groups -OCH3 is 1. The van der Waals surface area contributed by atoms with Crippen LogP contribution in [0.25, 0.3) is 6.08 Å². The number of esters is 3. The number of fused-ring (bicyclic) bond motifs is 2. The highest BCUT2D eigenvalue weighted by atomic mass is 16.5. The number of carbonyl (C=O) groups is 4. The molecule has 2 aliphatic heterocycles. The number of allylic oxidation sites excluding steroid dienone is 1. The van der Waals surface area contributed by atoms with E-state index in [4.69, 9.17) is 14.2 Å². The predicted octanol–water partition coefficient (Wildman–Crippen LogP) is 5.10. The summed E-state index contributed by atoms with van der Waals surface area (Å²) in [6.07, 6.45) is 6.38. The van der Waals surface area contributed by atoms with Crippen molar-refractivity contribution < 1.29 is 38.5 Å². The van der Waals surface area contributed by atoms with Crippen molar-refractivity contribution in [2.24, 2.45) is 0 Å². The second kappa shape index (κ2) is 11.4. The van der Waals surface area contributed by atoms with Crippen molar-refractivity contribution in [3.63, 3.8) is 0 Å². The van der Waals surface area contributed by atoms with Crippen LogP contribution in [-0.2, 0) is 19.1 Å². The predicted molar refractivity (Wildman–Crippen MR) is 135 cm³/mol. The summed E-state index contributed by atoms with van der Waals surface area (Å²) in [6, 6.07) is 8.11. The van der Waals surface area contributed by atoms with Crippen molar-refractivity contribution in [2.45, 2.75) is 63.9 Å². The molecular weight excluding hydrogens is 476 g/mol. The van der Waals surface area contributed by atoms with Gasteiger partial charge in [0.05, 0.1) is 25.2 Å². The van der Waals surface area contributed by atoms with Gasteiger partial charge in [0.25, 0.3) is 0 Å². The Morgan fingerprint density at radius 2 is 1.81 bits per heavy atom. The molecule has 1 N–H and O–H groups in total. The van der Waals surface area contributed by atoms with Crippen LogP contribution < -0.4 is 4.74 Å². The van der Waals surface area contributed by atoms with Gasteiger partial charge in [0.2, 0.25) is 0 Å². The van der Waals surface area contributed by atoms with Crippen LogP contribution in [0.2, 0.25) is 0 Å². The Bertz CT molecular complexity index is 1240. The highest BCUT2D eigenvalue weighted by Crippen LogP contribution is 2.47. The summed E-state index contributed by atoms with van der Waals surface area (Å²) in [4.78, 5) is 49.7. The van der Waals surface area contributed by atoms with Gasteiger partial charge in [0, 0.05) is 24.3 Å². The Balaban J connectivity index is 1.78. The first kappa shape index (κ1) is 26.1. The van der Waals surface area contributed by atoms with Gasteiger partial charge in [-0.3, -0.25) is 9.59 Å². The molecule has 8 nitrogen and oxygen atoms in total. The van der Waals surface area contributed by atoms with Crippen molar-refractivity contribution in [1.82, 2.24) is 0 Å². The van der Waals surface area contributed by atoms with Crippen LogP contribution in [0.4, 0.5) is 0 Å². The minimum absolute atomic E-state index is 0.00381. The van der Waals surface area contributed by atoms with E-state index in [0.29, 0.717) is 60.8 Å². The molecule has 0 saturated carbocycles. The number of ether oxygens (including phenoxy) is 3. The van der Waals surface area contributed by atoms with Gasteiger partial charge >= 0.3 is 17.9 Å². The van der Waals surface area contributed by atoms with E-state index < -0.39 is 29.9 Å². The molecule has 0 bridgehead atoms. The zero-order valence-corrected chi connectivity index (χ0v) is 21.0. The largest absolute Gasteiger partial charge is 0.507 e. The summed E-state index contributed by atoms with van der Waals surface area (Å²) in [5.41, 5.74) is 1.70.